The molecule has 0 aliphatic rings. The predicted octanol–water partition coefficient (Wildman–Crippen LogP) is 4.01. The Hall–Kier alpha value is -1.86. The van der Waals surface area contributed by atoms with Crippen LogP contribution in [0.5, 0.6) is 0 Å². The van der Waals surface area contributed by atoms with Gasteiger partial charge in [0.15, 0.2) is 0 Å². The van der Waals surface area contributed by atoms with Gasteiger partial charge in [0.25, 0.3) is 0 Å². The van der Waals surface area contributed by atoms with Gasteiger partial charge in [-0.05, 0) is 36.5 Å². The molecule has 2 rings (SSSR count). The smallest absolute Gasteiger partial charge is 0.0153 e. The summed E-state index contributed by atoms with van der Waals surface area (Å²) in [6.45, 7) is 6.72. The van der Waals surface area contributed by atoms with Crippen LogP contribution in [0.15, 0.2) is 67.3 Å². The fraction of sp³-hybridized carbons (Fsp3) is 0.263. The van der Waals surface area contributed by atoms with Crippen molar-refractivity contribution in [2.75, 3.05) is 6.54 Å². The quantitative estimate of drug-likeness (QED) is 0.785. The van der Waals surface area contributed by atoms with Gasteiger partial charge in [-0.15, -0.1) is 6.58 Å². The molecule has 0 radical (unpaired) electrons. The highest BCUT2D eigenvalue weighted by Gasteiger charge is 2.30. The Morgan fingerprint density at radius 3 is 2.30 bits per heavy atom. The molecule has 0 aliphatic carbocycles. The summed E-state index contributed by atoms with van der Waals surface area (Å²) in [7, 11) is 0. The molecule has 0 aliphatic heterocycles. The molecule has 0 heterocycles. The molecule has 2 aromatic rings. The van der Waals surface area contributed by atoms with E-state index in [-0.39, 0.29) is 5.41 Å². The van der Waals surface area contributed by atoms with Gasteiger partial charge in [-0.3, -0.25) is 0 Å². The third-order valence-electron chi connectivity index (χ3n) is 4.03. The molecular weight excluding hydrogens is 242 g/mol. The predicted molar refractivity (Wildman–Crippen MR) is 86.9 cm³/mol. The fourth-order valence-corrected chi connectivity index (χ4v) is 2.97. The van der Waals surface area contributed by atoms with Crippen molar-refractivity contribution in [1.82, 2.24) is 0 Å². The first-order chi connectivity index (χ1) is 9.72. The van der Waals surface area contributed by atoms with E-state index in [0.717, 1.165) is 12.8 Å². The lowest BCUT2D eigenvalue weighted by atomic mass is 9.71. The van der Waals surface area contributed by atoms with E-state index in [1.807, 2.05) is 6.08 Å². The van der Waals surface area contributed by atoms with Crippen molar-refractivity contribution in [3.05, 3.63) is 83.9 Å². The molecule has 1 atom stereocenters. The highest BCUT2D eigenvalue weighted by atomic mass is 14.6. The summed E-state index contributed by atoms with van der Waals surface area (Å²) in [6, 6.07) is 19.1. The molecule has 1 heteroatoms. The normalized spacial score (nSPS) is 13.7. The van der Waals surface area contributed by atoms with Crippen LogP contribution in [0, 0.1) is 6.92 Å². The Kier molecular flexibility index (Phi) is 4.75. The Balaban J connectivity index is 2.45. The van der Waals surface area contributed by atoms with E-state index in [4.69, 9.17) is 5.73 Å². The van der Waals surface area contributed by atoms with Crippen molar-refractivity contribution in [3.8, 4) is 0 Å². The Bertz CT molecular complexity index is 559. The van der Waals surface area contributed by atoms with Crippen LogP contribution in [0.4, 0.5) is 0 Å². The zero-order valence-corrected chi connectivity index (χ0v) is 12.2. The molecule has 0 saturated heterocycles. The molecular formula is C19H23N. The number of allylic oxidation sites excluding steroid dienone is 1. The third-order valence-corrected chi connectivity index (χ3v) is 4.03. The summed E-state index contributed by atoms with van der Waals surface area (Å²) < 4.78 is 0. The summed E-state index contributed by atoms with van der Waals surface area (Å²) in [5, 5.41) is 0. The van der Waals surface area contributed by atoms with E-state index >= 15 is 0 Å². The standard InChI is InChI=1S/C19H23N/c1-3-13-19(15-20,14-17-10-5-4-6-11-17)18-12-8-7-9-16(18)2/h3-12H,1,13-15,20H2,2H3. The van der Waals surface area contributed by atoms with Gasteiger partial charge in [-0.1, -0.05) is 60.7 Å². The summed E-state index contributed by atoms with van der Waals surface area (Å²) in [5.41, 5.74) is 10.1. The first-order valence-corrected chi connectivity index (χ1v) is 7.13. The van der Waals surface area contributed by atoms with E-state index in [0.29, 0.717) is 6.54 Å². The lowest BCUT2D eigenvalue weighted by molar-refractivity contribution is 0.437. The average Bonchev–Trinajstić information content (AvgIpc) is 2.48. The molecule has 2 N–H and O–H groups in total. The van der Waals surface area contributed by atoms with Gasteiger partial charge in [0.05, 0.1) is 0 Å². The van der Waals surface area contributed by atoms with Gasteiger partial charge in [0.1, 0.15) is 0 Å². The fourth-order valence-electron chi connectivity index (χ4n) is 2.97. The summed E-state index contributed by atoms with van der Waals surface area (Å²) in [5.74, 6) is 0. The van der Waals surface area contributed by atoms with E-state index < -0.39 is 0 Å². The first kappa shape index (κ1) is 14.5. The zero-order chi connectivity index (χ0) is 14.4. The first-order valence-electron chi connectivity index (χ1n) is 7.13. The number of benzene rings is 2. The van der Waals surface area contributed by atoms with E-state index in [9.17, 15) is 0 Å². The Labute approximate surface area is 122 Å². The molecule has 0 spiro atoms. The van der Waals surface area contributed by atoms with Crippen LogP contribution in [0.2, 0.25) is 0 Å². The second kappa shape index (κ2) is 6.53. The van der Waals surface area contributed by atoms with Crippen LogP contribution < -0.4 is 5.73 Å². The van der Waals surface area contributed by atoms with Gasteiger partial charge in [-0.25, -0.2) is 0 Å². The minimum absolute atomic E-state index is 0.0611. The number of rotatable bonds is 6. The lowest BCUT2D eigenvalue weighted by Crippen LogP contribution is -2.37. The summed E-state index contributed by atoms with van der Waals surface area (Å²) in [4.78, 5) is 0. The van der Waals surface area contributed by atoms with Crippen molar-refractivity contribution in [3.63, 3.8) is 0 Å². The van der Waals surface area contributed by atoms with Crippen LogP contribution in [0.25, 0.3) is 0 Å². The maximum absolute atomic E-state index is 6.19. The monoisotopic (exact) mass is 265 g/mol. The lowest BCUT2D eigenvalue weighted by Gasteiger charge is -2.34. The van der Waals surface area contributed by atoms with Gasteiger partial charge < -0.3 is 5.73 Å². The average molecular weight is 265 g/mol. The van der Waals surface area contributed by atoms with Gasteiger partial charge in [0, 0.05) is 12.0 Å². The molecule has 0 saturated carbocycles. The maximum Gasteiger partial charge on any atom is 0.0153 e. The molecule has 1 nitrogen and oxygen atoms in total. The van der Waals surface area contributed by atoms with Gasteiger partial charge >= 0.3 is 0 Å². The highest BCUT2D eigenvalue weighted by molar-refractivity contribution is 5.37. The number of aryl methyl sites for hydroxylation is 1. The molecule has 20 heavy (non-hydrogen) atoms. The number of nitrogens with two attached hydrogens (primary N) is 1. The van der Waals surface area contributed by atoms with E-state index in [1.165, 1.54) is 16.7 Å². The number of hydrogen-bond acceptors (Lipinski definition) is 1. The van der Waals surface area contributed by atoms with Crippen LogP contribution in [0.1, 0.15) is 23.1 Å². The molecule has 2 aromatic carbocycles. The second-order valence-electron chi connectivity index (χ2n) is 5.45. The van der Waals surface area contributed by atoms with Crippen LogP contribution in [0.3, 0.4) is 0 Å². The van der Waals surface area contributed by atoms with E-state index in [1.54, 1.807) is 0 Å². The molecule has 0 amide bonds. The molecule has 104 valence electrons. The zero-order valence-electron chi connectivity index (χ0n) is 12.2. The van der Waals surface area contributed by atoms with Crippen LogP contribution in [-0.4, -0.2) is 6.54 Å². The van der Waals surface area contributed by atoms with E-state index in [2.05, 4.69) is 68.1 Å². The Morgan fingerprint density at radius 2 is 1.70 bits per heavy atom. The summed E-state index contributed by atoms with van der Waals surface area (Å²) >= 11 is 0. The van der Waals surface area contributed by atoms with Crippen molar-refractivity contribution < 1.29 is 0 Å². The van der Waals surface area contributed by atoms with Crippen LogP contribution in [-0.2, 0) is 11.8 Å². The van der Waals surface area contributed by atoms with Gasteiger partial charge in [0.2, 0.25) is 0 Å². The third kappa shape index (κ3) is 3.00. The van der Waals surface area contributed by atoms with Gasteiger partial charge in [-0.2, -0.15) is 0 Å². The summed E-state index contributed by atoms with van der Waals surface area (Å²) in [6.07, 6.45) is 3.83. The second-order valence-corrected chi connectivity index (χ2v) is 5.45. The maximum atomic E-state index is 6.19. The molecule has 1 unspecified atom stereocenters. The molecule has 0 bridgehead atoms. The van der Waals surface area contributed by atoms with Crippen molar-refractivity contribution in [2.24, 2.45) is 5.73 Å². The molecule has 0 fully saturated rings. The van der Waals surface area contributed by atoms with Crippen molar-refractivity contribution in [1.29, 1.82) is 0 Å². The van der Waals surface area contributed by atoms with Crippen LogP contribution >= 0.6 is 0 Å². The number of hydrogen-bond donors (Lipinski definition) is 1. The van der Waals surface area contributed by atoms with Crippen molar-refractivity contribution in [2.45, 2.75) is 25.2 Å². The minimum atomic E-state index is -0.0611. The SMILES string of the molecule is C=CCC(CN)(Cc1ccccc1)c1ccccc1C. The topological polar surface area (TPSA) is 26.0 Å². The largest absolute Gasteiger partial charge is 0.330 e. The Morgan fingerprint density at radius 1 is 1.05 bits per heavy atom. The highest BCUT2D eigenvalue weighted by Crippen LogP contribution is 2.33. The van der Waals surface area contributed by atoms with Crippen molar-refractivity contribution >= 4 is 0 Å². The minimum Gasteiger partial charge on any atom is -0.330 e. The molecule has 0 aromatic heterocycles.